The van der Waals surface area contributed by atoms with Gasteiger partial charge < -0.3 is 14.9 Å². The molecule has 1 heterocycles. The summed E-state index contributed by atoms with van der Waals surface area (Å²) in [7, 11) is 0. The Hall–Kier alpha value is -1.03. The highest BCUT2D eigenvalue weighted by molar-refractivity contribution is 5.84. The molecule has 0 aliphatic carbocycles. The average Bonchev–Trinajstić information content (AvgIpc) is 1.85. The van der Waals surface area contributed by atoms with Crippen LogP contribution in [0.2, 0.25) is 0 Å². The minimum atomic E-state index is -1.44. The maximum Gasteiger partial charge on any atom is 0.337 e. The van der Waals surface area contributed by atoms with Crippen LogP contribution in [0.3, 0.4) is 0 Å². The highest BCUT2D eigenvalue weighted by Crippen LogP contribution is 2.08. The SMILES string of the molecule is O=C1C=C(O)C(O)O1. The molecule has 0 spiro atoms. The smallest absolute Gasteiger partial charge is 0.337 e. The summed E-state index contributed by atoms with van der Waals surface area (Å²) in [5, 5.41) is 16.8. The van der Waals surface area contributed by atoms with Gasteiger partial charge in [-0.15, -0.1) is 0 Å². The van der Waals surface area contributed by atoms with Gasteiger partial charge in [0.05, 0.1) is 6.08 Å². The molecule has 0 aromatic carbocycles. The number of cyclic esters (lactones) is 1. The lowest BCUT2D eigenvalue weighted by Gasteiger charge is -1.98. The molecule has 2 N–H and O–H groups in total. The first-order valence-corrected chi connectivity index (χ1v) is 1.99. The molecule has 1 rings (SSSR count). The fourth-order valence-electron chi connectivity index (χ4n) is 0.396. The van der Waals surface area contributed by atoms with Gasteiger partial charge in [0, 0.05) is 0 Å². The Morgan fingerprint density at radius 3 is 2.50 bits per heavy atom. The third kappa shape index (κ3) is 0.651. The number of hydrogen-bond donors (Lipinski definition) is 2. The molecule has 4 heteroatoms. The summed E-state index contributed by atoms with van der Waals surface area (Å²) in [6, 6.07) is 0. The molecule has 44 valence electrons. The first kappa shape index (κ1) is 5.11. The normalized spacial score (nSPS) is 27.4. The van der Waals surface area contributed by atoms with Crippen LogP contribution >= 0.6 is 0 Å². The molecule has 1 aliphatic rings. The summed E-state index contributed by atoms with van der Waals surface area (Å²) < 4.78 is 4.05. The predicted octanol–water partition coefficient (Wildman–Crippen LogP) is -0.697. The van der Waals surface area contributed by atoms with Gasteiger partial charge in [-0.1, -0.05) is 0 Å². The molecule has 8 heavy (non-hydrogen) atoms. The second-order valence-corrected chi connectivity index (χ2v) is 1.36. The van der Waals surface area contributed by atoms with E-state index in [2.05, 4.69) is 4.74 Å². The van der Waals surface area contributed by atoms with Crippen molar-refractivity contribution in [3.63, 3.8) is 0 Å². The first-order chi connectivity index (χ1) is 3.70. The molecule has 1 aliphatic heterocycles. The van der Waals surface area contributed by atoms with Crippen LogP contribution in [0, 0.1) is 0 Å². The topological polar surface area (TPSA) is 66.8 Å². The number of carbonyl (C=O) groups excluding carboxylic acids is 1. The lowest BCUT2D eigenvalue weighted by Crippen LogP contribution is -2.09. The van der Waals surface area contributed by atoms with Crippen LogP contribution in [0.25, 0.3) is 0 Å². The molecule has 0 saturated carbocycles. The van der Waals surface area contributed by atoms with E-state index < -0.39 is 18.0 Å². The molecule has 4 nitrogen and oxygen atoms in total. The van der Waals surface area contributed by atoms with Crippen LogP contribution in [0.15, 0.2) is 11.8 Å². The summed E-state index contributed by atoms with van der Waals surface area (Å²) in [6.45, 7) is 0. The summed E-state index contributed by atoms with van der Waals surface area (Å²) in [4.78, 5) is 10.0. The van der Waals surface area contributed by atoms with Crippen LogP contribution in [0.1, 0.15) is 0 Å². The van der Waals surface area contributed by atoms with Crippen molar-refractivity contribution in [3.05, 3.63) is 11.8 Å². The van der Waals surface area contributed by atoms with Gasteiger partial charge in [-0.25, -0.2) is 4.79 Å². The largest absolute Gasteiger partial charge is 0.506 e. The van der Waals surface area contributed by atoms with Crippen molar-refractivity contribution in [2.75, 3.05) is 0 Å². The Balaban J connectivity index is 2.73. The summed E-state index contributed by atoms with van der Waals surface area (Å²) >= 11 is 0. The highest BCUT2D eigenvalue weighted by atomic mass is 16.6. The van der Waals surface area contributed by atoms with Crippen molar-refractivity contribution >= 4 is 5.97 Å². The van der Waals surface area contributed by atoms with E-state index in [0.29, 0.717) is 0 Å². The van der Waals surface area contributed by atoms with E-state index in [4.69, 9.17) is 10.2 Å². The van der Waals surface area contributed by atoms with E-state index in [0.717, 1.165) is 6.08 Å². The fraction of sp³-hybridized carbons (Fsp3) is 0.250. The third-order valence-corrected chi connectivity index (χ3v) is 0.747. The van der Waals surface area contributed by atoms with Gasteiger partial charge in [0.2, 0.25) is 0 Å². The van der Waals surface area contributed by atoms with Crippen LogP contribution < -0.4 is 0 Å². The Morgan fingerprint density at radius 2 is 2.38 bits per heavy atom. The zero-order valence-electron chi connectivity index (χ0n) is 3.87. The zero-order valence-corrected chi connectivity index (χ0v) is 3.87. The molecule has 0 bridgehead atoms. The molecule has 0 aromatic heterocycles. The Bertz CT molecular complexity index is 148. The van der Waals surface area contributed by atoms with Crippen LogP contribution in [0.4, 0.5) is 0 Å². The third-order valence-electron chi connectivity index (χ3n) is 0.747. The average molecular weight is 116 g/mol. The first-order valence-electron chi connectivity index (χ1n) is 1.99. The quantitative estimate of drug-likeness (QED) is 0.411. The van der Waals surface area contributed by atoms with Gasteiger partial charge in [0.15, 0.2) is 5.76 Å². The lowest BCUT2D eigenvalue weighted by atomic mass is 10.5. The molecular weight excluding hydrogens is 112 g/mol. The molecule has 1 unspecified atom stereocenters. The lowest BCUT2D eigenvalue weighted by molar-refractivity contribution is -0.153. The Kier molecular flexibility index (Phi) is 0.948. The number of rotatable bonds is 0. The molecule has 0 radical (unpaired) electrons. The molecular formula is C4H4O4. The van der Waals surface area contributed by atoms with Gasteiger partial charge in [0.1, 0.15) is 0 Å². The predicted molar refractivity (Wildman–Crippen MR) is 22.8 cm³/mol. The zero-order chi connectivity index (χ0) is 6.15. The molecule has 0 amide bonds. The van der Waals surface area contributed by atoms with Crippen LogP contribution in [-0.4, -0.2) is 22.5 Å². The fourth-order valence-corrected chi connectivity index (χ4v) is 0.396. The van der Waals surface area contributed by atoms with E-state index in [-0.39, 0.29) is 0 Å². The van der Waals surface area contributed by atoms with Crippen molar-refractivity contribution in [3.8, 4) is 0 Å². The minimum absolute atomic E-state index is 0.435. The maximum atomic E-state index is 10.0. The Labute approximate surface area is 45.0 Å². The van der Waals surface area contributed by atoms with Crippen molar-refractivity contribution in [2.45, 2.75) is 6.29 Å². The van der Waals surface area contributed by atoms with Crippen molar-refractivity contribution in [1.82, 2.24) is 0 Å². The number of aliphatic hydroxyl groups excluding tert-OH is 2. The molecule has 0 saturated heterocycles. The molecule has 0 aromatic rings. The van der Waals surface area contributed by atoms with Gasteiger partial charge in [-0.2, -0.15) is 0 Å². The van der Waals surface area contributed by atoms with E-state index in [1.165, 1.54) is 0 Å². The molecule has 0 fully saturated rings. The summed E-state index contributed by atoms with van der Waals surface area (Å²) in [5.41, 5.74) is 0. The van der Waals surface area contributed by atoms with E-state index in [1.807, 2.05) is 0 Å². The maximum absolute atomic E-state index is 10.0. The second-order valence-electron chi connectivity index (χ2n) is 1.36. The number of aliphatic hydroxyl groups is 2. The van der Waals surface area contributed by atoms with Crippen molar-refractivity contribution in [1.29, 1.82) is 0 Å². The van der Waals surface area contributed by atoms with E-state index in [1.54, 1.807) is 0 Å². The van der Waals surface area contributed by atoms with Crippen molar-refractivity contribution in [2.24, 2.45) is 0 Å². The van der Waals surface area contributed by atoms with E-state index >= 15 is 0 Å². The highest BCUT2D eigenvalue weighted by Gasteiger charge is 2.22. The molecule has 1 atom stereocenters. The van der Waals surface area contributed by atoms with Crippen LogP contribution in [0.5, 0.6) is 0 Å². The van der Waals surface area contributed by atoms with Crippen LogP contribution in [-0.2, 0) is 9.53 Å². The van der Waals surface area contributed by atoms with Gasteiger partial charge in [-0.05, 0) is 0 Å². The van der Waals surface area contributed by atoms with Crippen molar-refractivity contribution < 1.29 is 19.7 Å². The number of hydrogen-bond acceptors (Lipinski definition) is 4. The van der Waals surface area contributed by atoms with Gasteiger partial charge in [-0.3, -0.25) is 0 Å². The van der Waals surface area contributed by atoms with Gasteiger partial charge in [0.25, 0.3) is 6.29 Å². The summed E-state index contributed by atoms with van der Waals surface area (Å²) in [6.07, 6.45) is -0.618. The number of esters is 1. The minimum Gasteiger partial charge on any atom is -0.506 e. The number of carbonyl (C=O) groups is 1. The summed E-state index contributed by atoms with van der Waals surface area (Å²) in [5.74, 6) is -1.15. The number of ether oxygens (including phenoxy) is 1. The second kappa shape index (κ2) is 1.48. The monoisotopic (exact) mass is 116 g/mol. The van der Waals surface area contributed by atoms with Gasteiger partial charge >= 0.3 is 5.97 Å². The van der Waals surface area contributed by atoms with E-state index in [9.17, 15) is 4.79 Å². The standard InChI is InChI=1S/C4H4O4/c5-2-1-3(6)8-4(2)7/h1,4-5,7H. The Morgan fingerprint density at radius 1 is 1.75 bits per heavy atom.